The molecule has 2 atom stereocenters. The van der Waals surface area contributed by atoms with E-state index < -0.39 is 50.1 Å². The Kier molecular flexibility index (Phi) is 6.53. The first-order valence-corrected chi connectivity index (χ1v) is 8.12. The Morgan fingerprint density at radius 3 is 1.77 bits per heavy atom. The van der Waals surface area contributed by atoms with E-state index in [0.29, 0.717) is 0 Å². The van der Waals surface area contributed by atoms with Crippen LogP contribution in [0.15, 0.2) is 0 Å². The molecule has 0 aromatic rings. The number of aliphatic hydroxyl groups excluding tert-OH is 2. The van der Waals surface area contributed by atoms with Gasteiger partial charge in [0.2, 0.25) is 4.87 Å². The molecule has 132 valence electrons. The molecule has 2 unspecified atom stereocenters. The minimum atomic E-state index is -5.07. The third kappa shape index (κ3) is 3.76. The number of aliphatic hydroxyl groups is 2. The van der Waals surface area contributed by atoms with Gasteiger partial charge in [-0.2, -0.15) is 8.42 Å². The quantitative estimate of drug-likeness (QED) is 0.257. The highest BCUT2D eigenvalue weighted by Gasteiger charge is 2.63. The second-order valence-corrected chi connectivity index (χ2v) is 8.24. The topological polar surface area (TPSA) is 161 Å². The summed E-state index contributed by atoms with van der Waals surface area (Å²) in [5.74, 6) is -1.75. The minimum absolute atomic E-state index is 0.229. The van der Waals surface area contributed by atoms with Crippen molar-refractivity contribution < 1.29 is 37.6 Å². The van der Waals surface area contributed by atoms with Gasteiger partial charge in [-0.15, -0.1) is 0 Å². The Morgan fingerprint density at radius 2 is 1.59 bits per heavy atom. The van der Waals surface area contributed by atoms with Gasteiger partial charge in [0.1, 0.15) is 5.97 Å². The fraction of sp³-hybridized carbons (Fsp3) is 0.917. The van der Waals surface area contributed by atoms with Crippen LogP contribution >= 0.6 is 0 Å². The Labute approximate surface area is 130 Å². The number of rotatable bonds is 9. The molecule has 0 spiro atoms. The van der Waals surface area contributed by atoms with Gasteiger partial charge in [-0.3, -0.25) is 4.55 Å². The number of carboxylic acid groups (broad SMARTS) is 1. The highest BCUT2D eigenvalue weighted by Crippen LogP contribution is 2.43. The van der Waals surface area contributed by atoms with E-state index in [4.69, 9.17) is 5.73 Å². The van der Waals surface area contributed by atoms with Crippen molar-refractivity contribution in [2.75, 3.05) is 34.4 Å². The molecule has 0 radical (unpaired) electrons. The smallest absolute Gasteiger partial charge is 0.290 e. The number of carbonyl (C=O) groups excluding carboxylic acids is 1. The zero-order valence-electron chi connectivity index (χ0n) is 13.3. The summed E-state index contributed by atoms with van der Waals surface area (Å²) in [4.78, 5) is 8.92. The summed E-state index contributed by atoms with van der Waals surface area (Å²) in [7, 11) is -0.892. The maximum Gasteiger partial charge on any atom is 0.290 e. The van der Waals surface area contributed by atoms with E-state index in [-0.39, 0.29) is 12.8 Å². The highest BCUT2D eigenvalue weighted by atomic mass is 32.2. The Hall–Kier alpha value is -0.780. The molecule has 5 N–H and O–H groups in total. The van der Waals surface area contributed by atoms with Crippen LogP contribution in [0.25, 0.3) is 0 Å². The van der Waals surface area contributed by atoms with Gasteiger partial charge in [-0.1, -0.05) is 6.92 Å². The number of carboxylic acids is 1. The van der Waals surface area contributed by atoms with Crippen molar-refractivity contribution >= 4 is 16.1 Å². The first-order valence-electron chi connectivity index (χ1n) is 6.68. The van der Waals surface area contributed by atoms with Gasteiger partial charge in [0, 0.05) is 18.6 Å². The maximum atomic E-state index is 12.0. The summed E-state index contributed by atoms with van der Waals surface area (Å²) in [5.41, 5.74) is 4.36. The molecule has 0 heterocycles. The van der Waals surface area contributed by atoms with Crippen molar-refractivity contribution in [2.45, 2.75) is 30.7 Å². The number of nitrogens with zero attached hydrogens (tertiary/aromatic N) is 1. The SMILES string of the molecule is CC(CCO)(CCO)C(N)(C(C(=O)[O-])[N+](C)(C)C)S(=O)(=O)O. The van der Waals surface area contributed by atoms with Gasteiger partial charge in [0.15, 0.2) is 6.04 Å². The summed E-state index contributed by atoms with van der Waals surface area (Å²) >= 11 is 0. The molecule has 0 aliphatic carbocycles. The number of hydrogen-bond donors (Lipinski definition) is 4. The third-order valence-electron chi connectivity index (χ3n) is 4.10. The molecule has 0 saturated carbocycles. The molecule has 0 saturated heterocycles. The monoisotopic (exact) mass is 342 g/mol. The van der Waals surface area contributed by atoms with Gasteiger partial charge in [-0.05, 0) is 12.8 Å². The van der Waals surface area contributed by atoms with Crippen LogP contribution < -0.4 is 10.8 Å². The molecule has 0 fully saturated rings. The predicted octanol–water partition coefficient (Wildman–Crippen LogP) is -2.87. The summed E-state index contributed by atoms with van der Waals surface area (Å²) in [6.07, 6.45) is -0.457. The largest absolute Gasteiger partial charge is 0.544 e. The maximum absolute atomic E-state index is 12.0. The van der Waals surface area contributed by atoms with Crippen LogP contribution in [0.1, 0.15) is 19.8 Å². The second kappa shape index (κ2) is 6.77. The van der Waals surface area contributed by atoms with E-state index in [1.54, 1.807) is 0 Å². The molecule has 0 aromatic carbocycles. The van der Waals surface area contributed by atoms with Crippen LogP contribution in [0.4, 0.5) is 0 Å². The fourth-order valence-corrected chi connectivity index (χ4v) is 4.38. The summed E-state index contributed by atoms with van der Waals surface area (Å²) in [5, 5.41) is 30.0. The lowest BCUT2D eigenvalue weighted by molar-refractivity contribution is -0.892. The van der Waals surface area contributed by atoms with Crippen LogP contribution in [0.2, 0.25) is 0 Å². The minimum Gasteiger partial charge on any atom is -0.544 e. The van der Waals surface area contributed by atoms with E-state index >= 15 is 0 Å². The van der Waals surface area contributed by atoms with Crippen molar-refractivity contribution in [3.8, 4) is 0 Å². The second-order valence-electron chi connectivity index (χ2n) is 6.61. The van der Waals surface area contributed by atoms with Crippen molar-refractivity contribution in [3.05, 3.63) is 0 Å². The van der Waals surface area contributed by atoms with Gasteiger partial charge >= 0.3 is 0 Å². The summed E-state index contributed by atoms with van der Waals surface area (Å²) < 4.78 is 33.3. The molecule has 0 bridgehead atoms. The average Bonchev–Trinajstić information content (AvgIpc) is 2.24. The van der Waals surface area contributed by atoms with Crippen LogP contribution in [-0.2, 0) is 14.9 Å². The fourth-order valence-electron chi connectivity index (χ4n) is 2.86. The van der Waals surface area contributed by atoms with E-state index in [2.05, 4.69) is 0 Å². The molecule has 0 aliphatic heterocycles. The first-order chi connectivity index (χ1) is 9.69. The lowest BCUT2D eigenvalue weighted by atomic mass is 9.72. The zero-order chi connectivity index (χ0) is 18.0. The van der Waals surface area contributed by atoms with Crippen LogP contribution in [0.5, 0.6) is 0 Å². The number of likely N-dealkylation sites (N-methyl/N-ethyl adjacent to an activating group) is 1. The Bertz CT molecular complexity index is 494. The lowest BCUT2D eigenvalue weighted by Crippen LogP contribution is -2.77. The molecule has 10 heteroatoms. The normalized spacial score (nSPS) is 17.8. The average molecular weight is 342 g/mol. The first kappa shape index (κ1) is 21.2. The number of aliphatic carboxylic acids is 1. The molecular formula is C12H26N2O7S. The number of carbonyl (C=O) groups is 1. The molecule has 0 rings (SSSR count). The molecule has 0 aromatic heterocycles. The number of nitrogens with two attached hydrogens (primary N) is 1. The van der Waals surface area contributed by atoms with E-state index in [0.717, 1.165) is 0 Å². The van der Waals surface area contributed by atoms with Crippen LogP contribution in [0.3, 0.4) is 0 Å². The Morgan fingerprint density at radius 1 is 1.23 bits per heavy atom. The van der Waals surface area contributed by atoms with Crippen molar-refractivity contribution in [1.29, 1.82) is 0 Å². The highest BCUT2D eigenvalue weighted by molar-refractivity contribution is 7.87. The molecule has 0 aliphatic rings. The van der Waals surface area contributed by atoms with Crippen LogP contribution in [-0.4, -0.2) is 78.9 Å². The zero-order valence-corrected chi connectivity index (χ0v) is 14.1. The van der Waals surface area contributed by atoms with Crippen molar-refractivity contribution in [2.24, 2.45) is 11.1 Å². The van der Waals surface area contributed by atoms with E-state index in [1.807, 2.05) is 0 Å². The summed E-state index contributed by atoms with van der Waals surface area (Å²) in [6.45, 7) is 0.308. The lowest BCUT2D eigenvalue weighted by Gasteiger charge is -2.51. The van der Waals surface area contributed by atoms with E-state index in [1.165, 1.54) is 28.1 Å². The summed E-state index contributed by atoms with van der Waals surface area (Å²) in [6, 6.07) is -1.83. The third-order valence-corrected chi connectivity index (χ3v) is 5.67. The molecule has 0 amide bonds. The number of quaternary nitrogens is 1. The standard InChI is InChI=1S/C12H26N2O7S/c1-11(5-7-15,6-8-16)12(13,22(19,20)21)9(10(17)18)14(2,3)4/h9,15-16H,5-8,13H2,1-4H3,(H-,17,18,19,20,21). The van der Waals surface area contributed by atoms with Crippen LogP contribution in [0, 0.1) is 5.41 Å². The van der Waals surface area contributed by atoms with Crippen molar-refractivity contribution in [3.63, 3.8) is 0 Å². The number of hydrogen-bond acceptors (Lipinski definition) is 7. The van der Waals surface area contributed by atoms with E-state index in [9.17, 15) is 33.1 Å². The molecule has 9 nitrogen and oxygen atoms in total. The Balaban J connectivity index is 6.58. The molecule has 22 heavy (non-hydrogen) atoms. The molecular weight excluding hydrogens is 316 g/mol. The van der Waals surface area contributed by atoms with Gasteiger partial charge in [0.05, 0.1) is 21.1 Å². The van der Waals surface area contributed by atoms with Gasteiger partial charge < -0.3 is 30.3 Å². The van der Waals surface area contributed by atoms with Gasteiger partial charge in [0.25, 0.3) is 10.1 Å². The van der Waals surface area contributed by atoms with Crippen molar-refractivity contribution in [1.82, 2.24) is 0 Å². The predicted molar refractivity (Wildman–Crippen MR) is 76.8 cm³/mol. The van der Waals surface area contributed by atoms with Gasteiger partial charge in [-0.25, -0.2) is 0 Å².